The van der Waals surface area contributed by atoms with Crippen molar-refractivity contribution in [1.29, 1.82) is 0 Å². The molecule has 100 valence electrons. The van der Waals surface area contributed by atoms with Gasteiger partial charge in [0.15, 0.2) is 6.29 Å². The van der Waals surface area contributed by atoms with Gasteiger partial charge >= 0.3 is 0 Å². The molecule has 0 amide bonds. The fourth-order valence-corrected chi connectivity index (χ4v) is 2.73. The molecule has 0 aliphatic rings. The summed E-state index contributed by atoms with van der Waals surface area (Å²) in [5.74, 6) is 0. The topological polar surface area (TPSA) is 21.5 Å². The predicted molar refractivity (Wildman–Crippen MR) is 83.0 cm³/mol. The van der Waals surface area contributed by atoms with Crippen LogP contribution in [0.3, 0.4) is 0 Å². The Bertz CT molecular complexity index is 821. The first-order valence-corrected chi connectivity index (χ1v) is 6.88. The first kappa shape index (κ1) is 13.2. The smallest absolute Gasteiger partial charge is 0.167 e. The molecule has 2 aromatic heterocycles. The molecule has 0 aliphatic carbocycles. The van der Waals surface area contributed by atoms with Crippen molar-refractivity contribution < 1.29 is 4.79 Å². The molecule has 0 saturated carbocycles. The number of nitrogens with zero attached hydrogens (tertiary/aromatic N) is 1. The molecule has 2 heterocycles. The fraction of sp³-hybridized carbons (Fsp3) is 0.0625. The molecule has 0 atom stereocenters. The van der Waals surface area contributed by atoms with Gasteiger partial charge in [0.25, 0.3) is 0 Å². The lowest BCUT2D eigenvalue weighted by Gasteiger charge is -2.04. The van der Waals surface area contributed by atoms with Gasteiger partial charge in [-0.2, -0.15) is 0 Å². The number of rotatable bonds is 2. The Labute approximate surface area is 126 Å². The highest BCUT2D eigenvalue weighted by Crippen LogP contribution is 2.34. The molecule has 0 aliphatic heterocycles. The first-order valence-electron chi connectivity index (χ1n) is 6.12. The van der Waals surface area contributed by atoms with E-state index in [1.165, 1.54) is 0 Å². The third kappa shape index (κ3) is 2.11. The van der Waals surface area contributed by atoms with Crippen molar-refractivity contribution in [2.75, 3.05) is 0 Å². The van der Waals surface area contributed by atoms with Crippen LogP contribution in [-0.2, 0) is 0 Å². The molecule has 3 aromatic rings. The number of hydrogen-bond acceptors (Lipinski definition) is 1. The zero-order valence-electron chi connectivity index (χ0n) is 10.7. The van der Waals surface area contributed by atoms with Crippen molar-refractivity contribution in [3.05, 3.63) is 63.9 Å². The Morgan fingerprint density at radius 3 is 2.60 bits per heavy atom. The summed E-state index contributed by atoms with van der Waals surface area (Å²) in [6.45, 7) is 1.99. The largest absolute Gasteiger partial charge is 0.313 e. The average Bonchev–Trinajstić information content (AvgIpc) is 2.79. The number of hydrogen-bond donors (Lipinski definition) is 0. The van der Waals surface area contributed by atoms with Crippen LogP contribution in [0.2, 0.25) is 10.0 Å². The summed E-state index contributed by atoms with van der Waals surface area (Å²) >= 11 is 12.3. The van der Waals surface area contributed by atoms with E-state index in [1.807, 2.05) is 35.7 Å². The van der Waals surface area contributed by atoms with Gasteiger partial charge in [-0.25, -0.2) is 0 Å². The van der Waals surface area contributed by atoms with Crippen LogP contribution in [-0.4, -0.2) is 10.7 Å². The molecule has 0 saturated heterocycles. The summed E-state index contributed by atoms with van der Waals surface area (Å²) in [5.41, 5.74) is 4.16. The quantitative estimate of drug-likeness (QED) is 0.608. The van der Waals surface area contributed by atoms with Crippen LogP contribution >= 0.6 is 23.2 Å². The van der Waals surface area contributed by atoms with Crippen LogP contribution in [0.25, 0.3) is 16.6 Å². The van der Waals surface area contributed by atoms with Crippen LogP contribution in [0.4, 0.5) is 0 Å². The normalized spacial score (nSPS) is 10.9. The summed E-state index contributed by atoms with van der Waals surface area (Å²) in [5, 5.41) is 1.16. The van der Waals surface area contributed by atoms with E-state index in [9.17, 15) is 4.79 Å². The van der Waals surface area contributed by atoms with E-state index in [0.29, 0.717) is 15.7 Å². The predicted octanol–water partition coefficient (Wildman–Crippen LogP) is 5.03. The number of benzene rings is 1. The van der Waals surface area contributed by atoms with Gasteiger partial charge in [-0.15, -0.1) is 0 Å². The Hall–Kier alpha value is -1.77. The van der Waals surface area contributed by atoms with Gasteiger partial charge < -0.3 is 4.40 Å². The van der Waals surface area contributed by atoms with Crippen LogP contribution in [0.5, 0.6) is 0 Å². The minimum absolute atomic E-state index is 0.574. The number of aryl methyl sites for hydroxylation is 1. The average molecular weight is 304 g/mol. The van der Waals surface area contributed by atoms with Crippen molar-refractivity contribution in [1.82, 2.24) is 4.40 Å². The lowest BCUT2D eigenvalue weighted by Crippen LogP contribution is -1.93. The van der Waals surface area contributed by atoms with Gasteiger partial charge in [-0.05, 0) is 42.8 Å². The van der Waals surface area contributed by atoms with Crippen molar-refractivity contribution in [2.24, 2.45) is 0 Å². The van der Waals surface area contributed by atoms with E-state index < -0.39 is 0 Å². The Balaban J connectivity index is 2.36. The Kier molecular flexibility index (Phi) is 3.28. The first-order chi connectivity index (χ1) is 9.60. The highest BCUT2D eigenvalue weighted by Gasteiger charge is 2.14. The maximum Gasteiger partial charge on any atom is 0.167 e. The Morgan fingerprint density at radius 2 is 1.85 bits per heavy atom. The SMILES string of the molecule is Cc1ccc2cc(-c3cc(Cl)ccc3Cl)c(C=O)n2c1. The second-order valence-corrected chi connectivity index (χ2v) is 5.53. The third-order valence-corrected chi connectivity index (χ3v) is 3.85. The third-order valence-electron chi connectivity index (χ3n) is 3.29. The summed E-state index contributed by atoms with van der Waals surface area (Å²) < 4.78 is 1.87. The molecule has 0 N–H and O–H groups in total. The molecule has 3 rings (SSSR count). The van der Waals surface area contributed by atoms with E-state index in [1.54, 1.807) is 18.2 Å². The molecule has 0 radical (unpaired) electrons. The zero-order chi connectivity index (χ0) is 14.3. The molecular formula is C16H11Cl2NO. The molecule has 2 nitrogen and oxygen atoms in total. The summed E-state index contributed by atoms with van der Waals surface area (Å²) in [6, 6.07) is 11.2. The molecule has 0 unspecified atom stereocenters. The summed E-state index contributed by atoms with van der Waals surface area (Å²) in [6.07, 6.45) is 2.78. The van der Waals surface area contributed by atoms with Gasteiger partial charge in [0.2, 0.25) is 0 Å². The van der Waals surface area contributed by atoms with E-state index in [2.05, 4.69) is 0 Å². The van der Waals surface area contributed by atoms with Gasteiger partial charge in [0, 0.05) is 32.9 Å². The monoisotopic (exact) mass is 303 g/mol. The van der Waals surface area contributed by atoms with Crippen LogP contribution in [0.15, 0.2) is 42.6 Å². The zero-order valence-corrected chi connectivity index (χ0v) is 12.2. The summed E-state index contributed by atoms with van der Waals surface area (Å²) in [7, 11) is 0. The molecule has 4 heteroatoms. The number of aromatic nitrogens is 1. The molecule has 0 fully saturated rings. The molecule has 1 aromatic carbocycles. The maximum absolute atomic E-state index is 11.5. The lowest BCUT2D eigenvalue weighted by atomic mass is 10.1. The summed E-state index contributed by atoms with van der Waals surface area (Å²) in [4.78, 5) is 11.5. The number of fused-ring (bicyclic) bond motifs is 1. The number of aldehydes is 1. The maximum atomic E-state index is 11.5. The molecule has 0 bridgehead atoms. The minimum atomic E-state index is 0.574. The highest BCUT2D eigenvalue weighted by atomic mass is 35.5. The number of carbonyl (C=O) groups is 1. The van der Waals surface area contributed by atoms with Crippen LogP contribution in [0.1, 0.15) is 16.1 Å². The van der Waals surface area contributed by atoms with Crippen molar-refractivity contribution in [3.63, 3.8) is 0 Å². The van der Waals surface area contributed by atoms with E-state index in [-0.39, 0.29) is 0 Å². The second-order valence-electron chi connectivity index (χ2n) is 4.69. The molecular weight excluding hydrogens is 293 g/mol. The highest BCUT2D eigenvalue weighted by molar-refractivity contribution is 6.35. The number of pyridine rings is 1. The van der Waals surface area contributed by atoms with Gasteiger partial charge in [-0.3, -0.25) is 4.79 Å². The molecule has 0 spiro atoms. The Morgan fingerprint density at radius 1 is 1.05 bits per heavy atom. The molecule has 20 heavy (non-hydrogen) atoms. The minimum Gasteiger partial charge on any atom is -0.313 e. The van der Waals surface area contributed by atoms with E-state index >= 15 is 0 Å². The number of halogens is 2. The van der Waals surface area contributed by atoms with Crippen molar-refractivity contribution in [2.45, 2.75) is 6.92 Å². The van der Waals surface area contributed by atoms with Crippen molar-refractivity contribution in [3.8, 4) is 11.1 Å². The lowest BCUT2D eigenvalue weighted by molar-refractivity contribution is 0.111. The van der Waals surface area contributed by atoms with E-state index in [4.69, 9.17) is 23.2 Å². The van der Waals surface area contributed by atoms with Gasteiger partial charge in [0.05, 0.1) is 5.69 Å². The van der Waals surface area contributed by atoms with Crippen molar-refractivity contribution >= 4 is 35.0 Å². The second kappa shape index (κ2) is 4.97. The standard InChI is InChI=1S/C16H11Cl2NO/c1-10-2-4-12-7-14(16(9-20)19(12)8-10)13-6-11(17)3-5-15(13)18/h2-9H,1H3. The van der Waals surface area contributed by atoms with Crippen LogP contribution in [0, 0.1) is 6.92 Å². The fourth-order valence-electron chi connectivity index (χ4n) is 2.34. The number of carbonyl (C=O) groups excluding carboxylic acids is 1. The van der Waals surface area contributed by atoms with E-state index in [0.717, 1.165) is 28.5 Å². The van der Waals surface area contributed by atoms with Gasteiger partial charge in [-0.1, -0.05) is 29.3 Å². The van der Waals surface area contributed by atoms with Gasteiger partial charge in [0.1, 0.15) is 0 Å². The van der Waals surface area contributed by atoms with Crippen LogP contribution < -0.4 is 0 Å².